The molecule has 1 saturated heterocycles. The summed E-state index contributed by atoms with van der Waals surface area (Å²) < 4.78 is 0. The van der Waals surface area contributed by atoms with Crippen molar-refractivity contribution in [1.82, 2.24) is 4.90 Å². The minimum atomic E-state index is -1.87. The van der Waals surface area contributed by atoms with Gasteiger partial charge in [0.2, 0.25) is 11.8 Å². The normalized spacial score (nSPS) is 22.3. The maximum Gasteiger partial charge on any atom is 0.264 e. The van der Waals surface area contributed by atoms with Gasteiger partial charge in [0.05, 0.1) is 24.9 Å². The van der Waals surface area contributed by atoms with Crippen LogP contribution in [0.5, 0.6) is 0 Å². The fraction of sp³-hybridized carbons (Fsp3) is 0.324. The van der Waals surface area contributed by atoms with Gasteiger partial charge in [0.1, 0.15) is 0 Å². The molecule has 0 saturated carbocycles. The molecule has 0 radical (unpaired) electrons. The zero-order valence-corrected chi connectivity index (χ0v) is 23.6. The van der Waals surface area contributed by atoms with Gasteiger partial charge in [-0.15, -0.1) is 0 Å². The van der Waals surface area contributed by atoms with E-state index in [9.17, 15) is 24.6 Å². The summed E-state index contributed by atoms with van der Waals surface area (Å²) in [4.78, 5) is 44.3. The summed E-state index contributed by atoms with van der Waals surface area (Å²) in [5.41, 5.74) is 3.00. The predicted molar refractivity (Wildman–Crippen MR) is 159 cm³/mol. The van der Waals surface area contributed by atoms with Gasteiger partial charge in [-0.25, -0.2) is 0 Å². The number of aliphatic hydroxyl groups excluding tert-OH is 1. The van der Waals surface area contributed by atoms with Crippen molar-refractivity contribution in [3.63, 3.8) is 0 Å². The van der Waals surface area contributed by atoms with Crippen LogP contribution >= 0.6 is 0 Å². The number of fused-ring (bicyclic) bond motifs is 2. The van der Waals surface area contributed by atoms with Crippen molar-refractivity contribution in [2.75, 3.05) is 23.0 Å². The van der Waals surface area contributed by atoms with E-state index in [4.69, 9.17) is 0 Å². The zero-order chi connectivity index (χ0) is 29.4. The number of rotatable bonds is 8. The fourth-order valence-corrected chi connectivity index (χ4v) is 6.29. The minimum absolute atomic E-state index is 0.0110. The van der Waals surface area contributed by atoms with Crippen LogP contribution in [-0.4, -0.2) is 52.0 Å². The standard InChI is InChI=1S/C34H35N3O5/c1-23(8-7-13-31(39)36-21-26-12-6-5-11-25(26)18-28(36)22-38)34(42)29-19-27(35-17-16-32(35)40)14-15-30(29)37(33(34)41)20-24-9-3-2-4-10-24/h2-12,14-15,19,23,28,38,42H,13,16-18,20-22H2,1H3/b8-7+/t23-,28+,34+/m1/s1. The van der Waals surface area contributed by atoms with Gasteiger partial charge in [-0.05, 0) is 41.3 Å². The Morgan fingerprint density at radius 2 is 1.79 bits per heavy atom. The predicted octanol–water partition coefficient (Wildman–Crippen LogP) is 3.69. The summed E-state index contributed by atoms with van der Waals surface area (Å²) in [6.45, 7) is 2.98. The van der Waals surface area contributed by atoms with Gasteiger partial charge < -0.3 is 24.9 Å². The van der Waals surface area contributed by atoms with Gasteiger partial charge in [0.15, 0.2) is 5.60 Å². The van der Waals surface area contributed by atoms with Crippen LogP contribution in [0.2, 0.25) is 0 Å². The van der Waals surface area contributed by atoms with Gasteiger partial charge in [0.25, 0.3) is 5.91 Å². The molecule has 3 aromatic carbocycles. The second kappa shape index (κ2) is 11.2. The van der Waals surface area contributed by atoms with E-state index in [2.05, 4.69) is 0 Å². The van der Waals surface area contributed by atoms with E-state index in [1.807, 2.05) is 60.7 Å². The number of aliphatic hydroxyl groups is 2. The molecule has 0 spiro atoms. The third-order valence-corrected chi connectivity index (χ3v) is 8.86. The highest BCUT2D eigenvalue weighted by atomic mass is 16.3. The van der Waals surface area contributed by atoms with Crippen molar-refractivity contribution in [2.24, 2.45) is 5.92 Å². The number of hydrogen-bond acceptors (Lipinski definition) is 5. The zero-order valence-electron chi connectivity index (χ0n) is 23.6. The van der Waals surface area contributed by atoms with E-state index in [0.29, 0.717) is 49.4 Å². The molecule has 6 rings (SSSR count). The number of nitrogens with zero attached hydrogens (tertiary/aromatic N) is 3. The molecule has 2 N–H and O–H groups in total. The molecular weight excluding hydrogens is 530 g/mol. The Balaban J connectivity index is 1.25. The fourth-order valence-electron chi connectivity index (χ4n) is 6.29. The molecule has 0 aliphatic carbocycles. The van der Waals surface area contributed by atoms with Crippen LogP contribution in [0.4, 0.5) is 11.4 Å². The molecule has 1 fully saturated rings. The summed E-state index contributed by atoms with van der Waals surface area (Å²) in [5.74, 6) is -1.21. The molecule has 0 bridgehead atoms. The Labute approximate surface area is 245 Å². The van der Waals surface area contributed by atoms with Crippen molar-refractivity contribution < 1.29 is 24.6 Å². The molecule has 0 aromatic heterocycles. The summed E-state index contributed by atoms with van der Waals surface area (Å²) in [6.07, 6.45) is 4.58. The van der Waals surface area contributed by atoms with Crippen LogP contribution in [0.3, 0.4) is 0 Å². The van der Waals surface area contributed by atoms with Gasteiger partial charge in [-0.3, -0.25) is 14.4 Å². The molecule has 0 unspecified atom stereocenters. The van der Waals surface area contributed by atoms with E-state index in [-0.39, 0.29) is 30.9 Å². The minimum Gasteiger partial charge on any atom is -0.394 e. The van der Waals surface area contributed by atoms with E-state index < -0.39 is 17.4 Å². The van der Waals surface area contributed by atoms with E-state index in [0.717, 1.165) is 16.7 Å². The van der Waals surface area contributed by atoms with Gasteiger partial charge in [-0.2, -0.15) is 0 Å². The van der Waals surface area contributed by atoms with Gasteiger partial charge in [0, 0.05) is 43.1 Å². The van der Waals surface area contributed by atoms with Gasteiger partial charge >= 0.3 is 0 Å². The Morgan fingerprint density at radius 1 is 1.05 bits per heavy atom. The number of carbonyl (C=O) groups is 3. The molecule has 42 heavy (non-hydrogen) atoms. The van der Waals surface area contributed by atoms with Crippen LogP contribution in [0.25, 0.3) is 0 Å². The van der Waals surface area contributed by atoms with Gasteiger partial charge in [-0.1, -0.05) is 73.7 Å². The monoisotopic (exact) mass is 565 g/mol. The van der Waals surface area contributed by atoms with Crippen molar-refractivity contribution in [2.45, 2.75) is 50.9 Å². The highest BCUT2D eigenvalue weighted by Crippen LogP contribution is 2.47. The molecule has 8 heteroatoms. The molecule has 3 heterocycles. The first kappa shape index (κ1) is 27.9. The second-order valence-electron chi connectivity index (χ2n) is 11.4. The first-order valence-electron chi connectivity index (χ1n) is 14.5. The Morgan fingerprint density at radius 3 is 2.48 bits per heavy atom. The largest absolute Gasteiger partial charge is 0.394 e. The number of hydrogen-bond donors (Lipinski definition) is 2. The van der Waals surface area contributed by atoms with E-state index in [1.54, 1.807) is 45.9 Å². The van der Waals surface area contributed by atoms with Crippen molar-refractivity contribution in [3.8, 4) is 0 Å². The van der Waals surface area contributed by atoms with Crippen LogP contribution in [0.15, 0.2) is 84.9 Å². The highest BCUT2D eigenvalue weighted by Gasteiger charge is 2.53. The Hall–Kier alpha value is -4.27. The topological polar surface area (TPSA) is 101 Å². The molecule has 8 nitrogen and oxygen atoms in total. The first-order valence-corrected chi connectivity index (χ1v) is 14.5. The van der Waals surface area contributed by atoms with Crippen molar-refractivity contribution in [3.05, 3.63) is 107 Å². The average molecular weight is 566 g/mol. The number of β-lactam (4-membered cyclic amide) rings is 1. The lowest BCUT2D eigenvalue weighted by molar-refractivity contribution is -0.139. The summed E-state index contributed by atoms with van der Waals surface area (Å²) in [5, 5.41) is 22.1. The highest BCUT2D eigenvalue weighted by molar-refractivity contribution is 6.08. The number of carbonyl (C=O) groups excluding carboxylic acids is 3. The van der Waals surface area contributed by atoms with Crippen LogP contribution in [0, 0.1) is 5.92 Å². The SMILES string of the molecule is C[C@H](/C=C/CC(=O)N1Cc2ccccc2C[C@H]1CO)[C@@]1(O)C(=O)N(Cc2ccccc2)c2ccc(N3CCC3=O)cc21. The maximum atomic E-state index is 14.0. The van der Waals surface area contributed by atoms with Crippen molar-refractivity contribution >= 4 is 29.1 Å². The second-order valence-corrected chi connectivity index (χ2v) is 11.4. The lowest BCUT2D eigenvalue weighted by Gasteiger charge is -2.36. The lowest BCUT2D eigenvalue weighted by atomic mass is 9.82. The Bertz CT molecular complexity index is 1550. The molecule has 3 atom stereocenters. The van der Waals surface area contributed by atoms with E-state index in [1.165, 1.54) is 0 Å². The first-order chi connectivity index (χ1) is 20.3. The van der Waals surface area contributed by atoms with E-state index >= 15 is 0 Å². The molecule has 3 aromatic rings. The molecule has 216 valence electrons. The van der Waals surface area contributed by atoms with Crippen LogP contribution in [0.1, 0.15) is 42.0 Å². The molecule has 3 amide bonds. The lowest BCUT2D eigenvalue weighted by Crippen LogP contribution is -2.46. The third-order valence-electron chi connectivity index (χ3n) is 8.86. The number of amides is 3. The Kier molecular flexibility index (Phi) is 7.43. The average Bonchev–Trinajstić information content (AvgIpc) is 3.22. The van der Waals surface area contributed by atoms with Crippen LogP contribution < -0.4 is 9.80 Å². The molecule has 3 aliphatic heterocycles. The summed E-state index contributed by atoms with van der Waals surface area (Å²) >= 11 is 0. The van der Waals surface area contributed by atoms with Crippen molar-refractivity contribution in [1.29, 1.82) is 0 Å². The molecule has 3 aliphatic rings. The quantitative estimate of drug-likeness (QED) is 0.321. The maximum absolute atomic E-state index is 14.0. The number of anilines is 2. The molecular formula is C34H35N3O5. The summed E-state index contributed by atoms with van der Waals surface area (Å²) in [7, 11) is 0. The smallest absolute Gasteiger partial charge is 0.264 e. The number of benzene rings is 3. The summed E-state index contributed by atoms with van der Waals surface area (Å²) in [6, 6.07) is 22.6. The van der Waals surface area contributed by atoms with Crippen LogP contribution in [-0.2, 0) is 39.5 Å². The third kappa shape index (κ3) is 4.80.